The van der Waals surface area contributed by atoms with Crippen LogP contribution >= 0.6 is 11.8 Å². The smallest absolute Gasteiger partial charge is 0.548 e. The van der Waals surface area contributed by atoms with Crippen LogP contribution < -0.4 is 34.2 Å². The predicted octanol–water partition coefficient (Wildman–Crippen LogP) is 2.61. The fourth-order valence-electron chi connectivity index (χ4n) is 4.64. The van der Waals surface area contributed by atoms with Gasteiger partial charge in [-0.2, -0.15) is 11.8 Å². The number of nitrogens with one attached hydrogen (secondary N) is 1. The molecule has 1 atom stereocenters. The van der Waals surface area contributed by atoms with Gasteiger partial charge in [-0.3, -0.25) is 4.79 Å². The maximum absolute atomic E-state index is 14.6. The number of amides is 1. The van der Waals surface area contributed by atoms with E-state index >= 15 is 0 Å². The van der Waals surface area contributed by atoms with Crippen LogP contribution in [0.3, 0.4) is 0 Å². The first-order chi connectivity index (χ1) is 19.4. The van der Waals surface area contributed by atoms with Crippen LogP contribution in [-0.2, 0) is 17.9 Å². The minimum absolute atomic E-state index is 0. The fourth-order valence-corrected chi connectivity index (χ4v) is 5.11. The summed E-state index contributed by atoms with van der Waals surface area (Å²) in [4.78, 5) is 27.2. The number of carbonyl (C=O) groups is 2. The summed E-state index contributed by atoms with van der Waals surface area (Å²) in [6, 6.07) is 28.8. The summed E-state index contributed by atoms with van der Waals surface area (Å²) in [5.41, 5.74) is 5.40. The van der Waals surface area contributed by atoms with Crippen molar-refractivity contribution < 1.29 is 37.9 Å². The second-order valence-electron chi connectivity index (χ2n) is 9.60. The van der Waals surface area contributed by atoms with Crippen molar-refractivity contribution in [2.24, 2.45) is 0 Å². The quantitative estimate of drug-likeness (QED) is 0.269. The number of hydrogen-bond acceptors (Lipinski definition) is 5. The molecular formula is C33H32FLiN2O3S. The Balaban J connectivity index is 0.00000462. The van der Waals surface area contributed by atoms with Gasteiger partial charge in [-0.15, -0.1) is 0 Å². The zero-order chi connectivity index (χ0) is 28.5. The van der Waals surface area contributed by atoms with Gasteiger partial charge >= 0.3 is 18.9 Å². The van der Waals surface area contributed by atoms with Crippen LogP contribution in [0, 0.1) is 12.7 Å². The zero-order valence-electron chi connectivity index (χ0n) is 23.6. The van der Waals surface area contributed by atoms with E-state index in [1.54, 1.807) is 18.2 Å². The van der Waals surface area contributed by atoms with Gasteiger partial charge in [0.2, 0.25) is 0 Å². The number of carboxylic acid groups (broad SMARTS) is 1. The SMILES string of the molecule is CSCCC(NC(=O)c1ccc(CN(Cc2ccccc2F)c2ccccc2)cc1-c1ccccc1C)C(=O)[O-].[Li+]. The summed E-state index contributed by atoms with van der Waals surface area (Å²) in [6.45, 7) is 2.80. The van der Waals surface area contributed by atoms with Crippen molar-refractivity contribution in [2.75, 3.05) is 16.9 Å². The molecule has 1 unspecified atom stereocenters. The largest absolute Gasteiger partial charge is 1.00 e. The van der Waals surface area contributed by atoms with Crippen LogP contribution in [0.2, 0.25) is 0 Å². The van der Waals surface area contributed by atoms with Crippen LogP contribution in [0.15, 0.2) is 97.1 Å². The third kappa shape index (κ3) is 8.50. The van der Waals surface area contributed by atoms with Crippen LogP contribution in [0.5, 0.6) is 0 Å². The minimum atomic E-state index is -1.30. The molecule has 4 rings (SSSR count). The van der Waals surface area contributed by atoms with Crippen LogP contribution in [0.1, 0.15) is 33.5 Å². The Morgan fingerprint density at radius 3 is 2.27 bits per heavy atom. The van der Waals surface area contributed by atoms with Crippen LogP contribution in [-0.4, -0.2) is 29.9 Å². The molecule has 0 bridgehead atoms. The molecule has 0 aliphatic heterocycles. The molecule has 0 spiro atoms. The first kappa shape index (κ1) is 32.0. The summed E-state index contributed by atoms with van der Waals surface area (Å²) in [5.74, 6) is -1.45. The Kier molecular flexibility index (Phi) is 12.1. The van der Waals surface area contributed by atoms with Crippen molar-refractivity contribution in [1.29, 1.82) is 0 Å². The molecular weight excluding hydrogens is 530 g/mol. The molecule has 0 radical (unpaired) electrons. The number of carbonyl (C=O) groups excluding carboxylic acids is 2. The van der Waals surface area contributed by atoms with E-state index < -0.39 is 17.9 Å². The molecule has 206 valence electrons. The molecule has 0 saturated heterocycles. The number of rotatable bonds is 12. The van der Waals surface area contributed by atoms with Crippen molar-refractivity contribution >= 4 is 29.3 Å². The molecule has 1 N–H and O–H groups in total. The van der Waals surface area contributed by atoms with E-state index in [9.17, 15) is 19.1 Å². The maximum Gasteiger partial charge on any atom is 1.00 e. The van der Waals surface area contributed by atoms with E-state index in [4.69, 9.17) is 0 Å². The number of hydrogen-bond donors (Lipinski definition) is 1. The van der Waals surface area contributed by atoms with Gasteiger partial charge in [0.1, 0.15) is 5.82 Å². The van der Waals surface area contributed by atoms with Crippen molar-refractivity contribution in [2.45, 2.75) is 32.5 Å². The van der Waals surface area contributed by atoms with Gasteiger partial charge in [-0.1, -0.05) is 66.7 Å². The third-order valence-corrected chi connectivity index (χ3v) is 7.42. The number of nitrogens with zero attached hydrogens (tertiary/aromatic N) is 1. The molecule has 1 amide bonds. The first-order valence-corrected chi connectivity index (χ1v) is 14.5. The molecule has 0 fully saturated rings. The number of carboxylic acids is 1. The third-order valence-electron chi connectivity index (χ3n) is 6.78. The predicted molar refractivity (Wildman–Crippen MR) is 159 cm³/mol. The molecule has 5 nitrogen and oxygen atoms in total. The first-order valence-electron chi connectivity index (χ1n) is 13.1. The van der Waals surface area contributed by atoms with E-state index in [-0.39, 0.29) is 31.1 Å². The summed E-state index contributed by atoms with van der Waals surface area (Å²) >= 11 is 1.51. The normalized spacial score (nSPS) is 11.3. The fraction of sp³-hybridized carbons (Fsp3) is 0.212. The summed E-state index contributed by atoms with van der Waals surface area (Å²) in [5, 5.41) is 14.4. The van der Waals surface area contributed by atoms with Gasteiger partial charge in [0, 0.05) is 29.9 Å². The number of benzene rings is 4. The standard InChI is InChI=1S/C33H33FN2O3S.Li/c1-23-10-6-8-14-27(23)29-20-24(16-17-28(29)32(37)35-31(33(38)39)18-19-40-2)21-36(26-12-4-3-5-13-26)22-25-11-7-9-15-30(25)34;/h3-17,20,31H,18-19,21-22H2,1-2H3,(H,35,37)(H,38,39);/q;+1/p-1. The van der Waals surface area contributed by atoms with Crippen molar-refractivity contribution in [3.63, 3.8) is 0 Å². The maximum atomic E-state index is 14.6. The van der Waals surface area contributed by atoms with E-state index in [0.717, 1.165) is 22.4 Å². The molecule has 0 aliphatic carbocycles. The number of thioether (sulfide) groups is 1. The van der Waals surface area contributed by atoms with Crippen molar-refractivity contribution in [3.05, 3.63) is 125 Å². The van der Waals surface area contributed by atoms with Crippen molar-refractivity contribution in [3.8, 4) is 11.1 Å². The minimum Gasteiger partial charge on any atom is -0.548 e. The number of anilines is 1. The van der Waals surface area contributed by atoms with Crippen molar-refractivity contribution in [1.82, 2.24) is 5.32 Å². The Bertz CT molecular complexity index is 1470. The van der Waals surface area contributed by atoms with E-state index in [2.05, 4.69) is 10.2 Å². The second-order valence-corrected chi connectivity index (χ2v) is 10.6. The topological polar surface area (TPSA) is 72.5 Å². The Morgan fingerprint density at radius 1 is 0.902 bits per heavy atom. The Labute approximate surface area is 257 Å². The van der Waals surface area contributed by atoms with Gasteiger partial charge in [0.15, 0.2) is 0 Å². The summed E-state index contributed by atoms with van der Waals surface area (Å²) in [6.07, 6.45) is 2.16. The van der Waals surface area contributed by atoms with Gasteiger partial charge in [-0.05, 0) is 77.9 Å². The second kappa shape index (κ2) is 15.5. The Hall–Kier alpha value is -3.50. The average Bonchev–Trinajstić information content (AvgIpc) is 2.96. The average molecular weight is 563 g/mol. The molecule has 0 heterocycles. The number of halogens is 1. The van der Waals surface area contributed by atoms with Gasteiger partial charge in [0.25, 0.3) is 5.91 Å². The molecule has 4 aromatic rings. The zero-order valence-corrected chi connectivity index (χ0v) is 24.4. The van der Waals surface area contributed by atoms with Crippen LogP contribution in [0.4, 0.5) is 10.1 Å². The monoisotopic (exact) mass is 562 g/mol. The number of aliphatic carboxylic acids is 1. The molecule has 0 aromatic heterocycles. The summed E-state index contributed by atoms with van der Waals surface area (Å²) < 4.78 is 14.6. The molecule has 4 aromatic carbocycles. The number of aryl methyl sites for hydroxylation is 1. The number of para-hydroxylation sites is 1. The molecule has 0 aliphatic rings. The van der Waals surface area contributed by atoms with Crippen LogP contribution in [0.25, 0.3) is 11.1 Å². The van der Waals surface area contributed by atoms with E-state index in [1.807, 2.05) is 86.0 Å². The van der Waals surface area contributed by atoms with Gasteiger partial charge in [0.05, 0.1) is 12.0 Å². The van der Waals surface area contributed by atoms with E-state index in [0.29, 0.717) is 35.5 Å². The van der Waals surface area contributed by atoms with Gasteiger partial charge < -0.3 is 20.1 Å². The molecule has 8 heteroatoms. The molecule has 0 saturated carbocycles. The Morgan fingerprint density at radius 2 is 1.59 bits per heavy atom. The molecule has 41 heavy (non-hydrogen) atoms. The summed E-state index contributed by atoms with van der Waals surface area (Å²) in [7, 11) is 0. The van der Waals surface area contributed by atoms with Gasteiger partial charge in [-0.25, -0.2) is 4.39 Å². The van der Waals surface area contributed by atoms with E-state index in [1.165, 1.54) is 17.8 Å².